The summed E-state index contributed by atoms with van der Waals surface area (Å²) in [7, 11) is 0. The molecule has 2 rings (SSSR count). The van der Waals surface area contributed by atoms with Gasteiger partial charge < -0.3 is 10.4 Å². The number of para-hydroxylation sites is 1. The van der Waals surface area contributed by atoms with Crippen LogP contribution in [0.15, 0.2) is 54.6 Å². The molecule has 1 atom stereocenters. The first-order valence-corrected chi connectivity index (χ1v) is 8.02. The third kappa shape index (κ3) is 4.93. The van der Waals surface area contributed by atoms with Crippen LogP contribution in [0.2, 0.25) is 0 Å². The number of hydrogen-bond acceptors (Lipinski definition) is 3. The predicted molar refractivity (Wildman–Crippen MR) is 94.8 cm³/mol. The number of nitrogens with one attached hydrogen (secondary N) is 2. The summed E-state index contributed by atoms with van der Waals surface area (Å²) in [6, 6.07) is 16.6. The Balaban J connectivity index is 2.03. The van der Waals surface area contributed by atoms with Gasteiger partial charge in [-0.25, -0.2) is 0 Å². The van der Waals surface area contributed by atoms with E-state index >= 15 is 0 Å². The van der Waals surface area contributed by atoms with Crippen molar-refractivity contribution in [1.82, 2.24) is 5.32 Å². The van der Waals surface area contributed by atoms with Crippen molar-refractivity contribution in [3.63, 3.8) is 0 Å². The highest BCUT2D eigenvalue weighted by Crippen LogP contribution is 2.27. The van der Waals surface area contributed by atoms with Gasteiger partial charge in [-0.15, -0.1) is 0 Å². The molecular formula is C19H22N2O3. The molecule has 0 aromatic heterocycles. The monoisotopic (exact) mass is 326 g/mol. The van der Waals surface area contributed by atoms with Crippen LogP contribution in [-0.4, -0.2) is 29.6 Å². The highest BCUT2D eigenvalue weighted by Gasteiger charge is 2.17. The van der Waals surface area contributed by atoms with Crippen LogP contribution in [0.5, 0.6) is 0 Å². The topological polar surface area (TPSA) is 78.4 Å². The van der Waals surface area contributed by atoms with E-state index in [2.05, 4.69) is 10.6 Å². The van der Waals surface area contributed by atoms with Gasteiger partial charge in [-0.2, -0.15) is 0 Å². The van der Waals surface area contributed by atoms with Gasteiger partial charge in [-0.3, -0.25) is 14.9 Å². The molecule has 2 aromatic rings. The first kappa shape index (κ1) is 17.7. The lowest BCUT2D eigenvalue weighted by Gasteiger charge is -2.15. The van der Waals surface area contributed by atoms with Gasteiger partial charge in [-0.05, 0) is 18.1 Å². The van der Waals surface area contributed by atoms with E-state index in [1.165, 1.54) is 0 Å². The number of carboxylic acid groups (broad SMARTS) is 1. The molecule has 1 unspecified atom stereocenters. The number of rotatable bonds is 8. The Morgan fingerprint density at radius 1 is 1.04 bits per heavy atom. The Bertz CT molecular complexity index is 686. The number of hydrogen-bond donors (Lipinski definition) is 3. The van der Waals surface area contributed by atoms with E-state index in [1.54, 1.807) is 0 Å². The number of aliphatic carboxylic acids is 1. The lowest BCUT2D eigenvalue weighted by molar-refractivity contribution is -0.139. The van der Waals surface area contributed by atoms with Crippen molar-refractivity contribution in [2.75, 3.05) is 11.9 Å². The van der Waals surface area contributed by atoms with E-state index in [0.29, 0.717) is 12.1 Å². The first-order chi connectivity index (χ1) is 11.6. The van der Waals surface area contributed by atoms with Crippen molar-refractivity contribution >= 4 is 17.6 Å². The van der Waals surface area contributed by atoms with E-state index in [4.69, 9.17) is 5.11 Å². The predicted octanol–water partition coefficient (Wildman–Crippen LogP) is 3.14. The number of carbonyl (C=O) groups is 2. The van der Waals surface area contributed by atoms with Crippen LogP contribution in [0.25, 0.3) is 11.1 Å². The maximum atomic E-state index is 12.2. The summed E-state index contributed by atoms with van der Waals surface area (Å²) in [4.78, 5) is 23.3. The van der Waals surface area contributed by atoms with Crippen molar-refractivity contribution in [3.8, 4) is 11.1 Å². The second-order valence-electron chi connectivity index (χ2n) is 5.52. The second-order valence-corrected chi connectivity index (χ2v) is 5.52. The number of benzene rings is 2. The summed E-state index contributed by atoms with van der Waals surface area (Å²) in [6.07, 6.45) is 1.23. The van der Waals surface area contributed by atoms with Crippen molar-refractivity contribution in [2.45, 2.75) is 25.8 Å². The van der Waals surface area contributed by atoms with Gasteiger partial charge >= 0.3 is 5.97 Å². The third-order valence-corrected chi connectivity index (χ3v) is 3.67. The largest absolute Gasteiger partial charge is 0.480 e. The van der Waals surface area contributed by atoms with E-state index in [0.717, 1.165) is 17.5 Å². The molecule has 0 fully saturated rings. The molecule has 2 aromatic carbocycles. The van der Waals surface area contributed by atoms with E-state index < -0.39 is 12.0 Å². The highest BCUT2D eigenvalue weighted by atomic mass is 16.4. The maximum absolute atomic E-state index is 12.2. The fourth-order valence-electron chi connectivity index (χ4n) is 2.47. The van der Waals surface area contributed by atoms with Crippen molar-refractivity contribution in [2.24, 2.45) is 0 Å². The normalized spacial score (nSPS) is 11.7. The molecule has 0 saturated heterocycles. The van der Waals surface area contributed by atoms with Crippen LogP contribution in [0.4, 0.5) is 5.69 Å². The van der Waals surface area contributed by atoms with Gasteiger partial charge in [0.1, 0.15) is 6.04 Å². The summed E-state index contributed by atoms with van der Waals surface area (Å²) < 4.78 is 0. The van der Waals surface area contributed by atoms with Crippen LogP contribution in [0, 0.1) is 0 Å². The molecule has 1 amide bonds. The molecular weight excluding hydrogens is 304 g/mol. The number of anilines is 1. The minimum Gasteiger partial charge on any atom is -0.480 e. The van der Waals surface area contributed by atoms with Gasteiger partial charge in [0.2, 0.25) is 5.91 Å². The van der Waals surface area contributed by atoms with Crippen molar-refractivity contribution in [3.05, 3.63) is 54.6 Å². The van der Waals surface area contributed by atoms with Gasteiger partial charge in [0.15, 0.2) is 0 Å². The molecule has 0 radical (unpaired) electrons. The quantitative estimate of drug-likeness (QED) is 0.696. The third-order valence-electron chi connectivity index (χ3n) is 3.67. The van der Waals surface area contributed by atoms with E-state index in [1.807, 2.05) is 61.5 Å². The molecule has 24 heavy (non-hydrogen) atoms. The number of carboxylic acids is 1. The molecule has 0 aliphatic rings. The Morgan fingerprint density at radius 2 is 1.71 bits per heavy atom. The average Bonchev–Trinajstić information content (AvgIpc) is 2.59. The first-order valence-electron chi connectivity index (χ1n) is 8.02. The van der Waals surface area contributed by atoms with Gasteiger partial charge in [-0.1, -0.05) is 61.9 Å². The summed E-state index contributed by atoms with van der Waals surface area (Å²) in [5.41, 5.74) is 2.64. The van der Waals surface area contributed by atoms with Crippen LogP contribution >= 0.6 is 0 Å². The minimum absolute atomic E-state index is 0.0416. The van der Waals surface area contributed by atoms with E-state index in [-0.39, 0.29) is 12.5 Å². The van der Waals surface area contributed by atoms with Crippen LogP contribution in [0.1, 0.15) is 19.8 Å². The summed E-state index contributed by atoms with van der Waals surface area (Å²) in [5.74, 6) is -1.20. The standard InChI is InChI=1S/C19H22N2O3/c1-2-8-17(19(23)24)20-13-18(22)21-16-12-7-6-11-15(16)14-9-4-3-5-10-14/h3-7,9-12,17,20H,2,8,13H2,1H3,(H,21,22)(H,23,24). The van der Waals surface area contributed by atoms with Crippen LogP contribution < -0.4 is 10.6 Å². The maximum Gasteiger partial charge on any atom is 0.320 e. The fourth-order valence-corrected chi connectivity index (χ4v) is 2.47. The molecule has 0 spiro atoms. The van der Waals surface area contributed by atoms with Gasteiger partial charge in [0.25, 0.3) is 0 Å². The zero-order valence-corrected chi connectivity index (χ0v) is 13.7. The molecule has 0 heterocycles. The SMILES string of the molecule is CCCC(NCC(=O)Nc1ccccc1-c1ccccc1)C(=O)O. The average molecular weight is 326 g/mol. The number of amides is 1. The number of carbonyl (C=O) groups excluding carboxylic acids is 1. The summed E-state index contributed by atoms with van der Waals surface area (Å²) in [6.45, 7) is 1.87. The van der Waals surface area contributed by atoms with E-state index in [9.17, 15) is 9.59 Å². The fraction of sp³-hybridized carbons (Fsp3) is 0.263. The minimum atomic E-state index is -0.936. The zero-order valence-electron chi connectivity index (χ0n) is 13.7. The molecule has 0 aliphatic carbocycles. The molecule has 3 N–H and O–H groups in total. The van der Waals surface area contributed by atoms with Crippen molar-refractivity contribution < 1.29 is 14.7 Å². The molecule has 0 bridgehead atoms. The van der Waals surface area contributed by atoms with Gasteiger partial charge in [0.05, 0.1) is 6.54 Å². The smallest absolute Gasteiger partial charge is 0.320 e. The Hall–Kier alpha value is -2.66. The molecule has 5 heteroatoms. The van der Waals surface area contributed by atoms with Crippen LogP contribution in [0.3, 0.4) is 0 Å². The Kier molecular flexibility index (Phi) is 6.51. The molecule has 0 aliphatic heterocycles. The Morgan fingerprint density at radius 3 is 2.38 bits per heavy atom. The zero-order chi connectivity index (χ0) is 17.4. The highest BCUT2D eigenvalue weighted by molar-refractivity contribution is 5.96. The lowest BCUT2D eigenvalue weighted by atomic mass is 10.0. The molecule has 5 nitrogen and oxygen atoms in total. The summed E-state index contributed by atoms with van der Waals surface area (Å²) >= 11 is 0. The lowest BCUT2D eigenvalue weighted by Crippen LogP contribution is -2.41. The van der Waals surface area contributed by atoms with Crippen LogP contribution in [-0.2, 0) is 9.59 Å². The second kappa shape index (κ2) is 8.84. The molecule has 126 valence electrons. The van der Waals surface area contributed by atoms with Gasteiger partial charge in [0, 0.05) is 11.3 Å². The molecule has 0 saturated carbocycles. The van der Waals surface area contributed by atoms with Crippen molar-refractivity contribution in [1.29, 1.82) is 0 Å². The Labute approximate surface area is 141 Å². The summed E-state index contributed by atoms with van der Waals surface area (Å²) in [5, 5.41) is 14.7.